The van der Waals surface area contributed by atoms with E-state index in [9.17, 15) is 9.90 Å². The van der Waals surface area contributed by atoms with Crippen molar-refractivity contribution in [3.63, 3.8) is 0 Å². The molecule has 0 fully saturated rings. The molecule has 1 aromatic rings. The van der Waals surface area contributed by atoms with E-state index in [4.69, 9.17) is 11.5 Å². The van der Waals surface area contributed by atoms with Crippen LogP contribution in [0.2, 0.25) is 0 Å². The number of primary amides is 1. The molecule has 4 heteroatoms. The van der Waals surface area contributed by atoms with Gasteiger partial charge in [-0.3, -0.25) is 4.79 Å². The van der Waals surface area contributed by atoms with Gasteiger partial charge in [0, 0.05) is 17.7 Å². The Balaban J connectivity index is 3.27. The molecule has 1 amide bonds. The molecule has 0 bridgehead atoms. The van der Waals surface area contributed by atoms with Crippen LogP contribution in [0.25, 0.3) is 0 Å². The molecule has 0 atom stereocenters. The Morgan fingerprint density at radius 3 is 2.58 bits per heavy atom. The van der Waals surface area contributed by atoms with E-state index >= 15 is 0 Å². The largest absolute Gasteiger partial charge is 0.508 e. The lowest BCUT2D eigenvalue weighted by Gasteiger charge is -2.05. The van der Waals surface area contributed by atoms with Crippen LogP contribution in [0.3, 0.4) is 0 Å². The predicted molar refractivity (Wildman–Crippen MR) is 44.5 cm³/mol. The van der Waals surface area contributed by atoms with Crippen LogP contribution in [-0.2, 0) is 6.54 Å². The molecule has 0 aromatic heterocycles. The van der Waals surface area contributed by atoms with Crippen molar-refractivity contribution in [1.29, 1.82) is 0 Å². The standard InChI is InChI=1S/C8H10N2O2/c9-4-6-5(8(10)12)2-1-3-7(6)11/h1-3,11H,4,9H2,(H2,10,12). The van der Waals surface area contributed by atoms with E-state index in [-0.39, 0.29) is 17.9 Å². The zero-order valence-corrected chi connectivity index (χ0v) is 6.45. The Bertz CT molecular complexity index is 310. The minimum Gasteiger partial charge on any atom is -0.508 e. The molecular formula is C8H10N2O2. The summed E-state index contributed by atoms with van der Waals surface area (Å²) >= 11 is 0. The van der Waals surface area contributed by atoms with E-state index in [0.29, 0.717) is 5.56 Å². The predicted octanol–water partition coefficient (Wildman–Crippen LogP) is -0.0502. The maximum Gasteiger partial charge on any atom is 0.249 e. The van der Waals surface area contributed by atoms with Crippen molar-refractivity contribution in [2.45, 2.75) is 6.54 Å². The number of nitrogens with two attached hydrogens (primary N) is 2. The van der Waals surface area contributed by atoms with E-state index in [2.05, 4.69) is 0 Å². The van der Waals surface area contributed by atoms with Gasteiger partial charge in [-0.1, -0.05) is 6.07 Å². The van der Waals surface area contributed by atoms with Crippen LogP contribution in [0.1, 0.15) is 15.9 Å². The van der Waals surface area contributed by atoms with Gasteiger partial charge >= 0.3 is 0 Å². The average molecular weight is 166 g/mol. The highest BCUT2D eigenvalue weighted by molar-refractivity contribution is 5.94. The zero-order valence-electron chi connectivity index (χ0n) is 6.45. The number of hydrogen-bond acceptors (Lipinski definition) is 3. The van der Waals surface area contributed by atoms with Crippen molar-refractivity contribution >= 4 is 5.91 Å². The van der Waals surface area contributed by atoms with Crippen molar-refractivity contribution in [3.05, 3.63) is 29.3 Å². The summed E-state index contributed by atoms with van der Waals surface area (Å²) in [6.45, 7) is 0.102. The number of benzene rings is 1. The molecule has 1 rings (SSSR count). The van der Waals surface area contributed by atoms with Gasteiger partial charge in [-0.2, -0.15) is 0 Å². The summed E-state index contributed by atoms with van der Waals surface area (Å²) in [5, 5.41) is 9.25. The lowest BCUT2D eigenvalue weighted by Crippen LogP contribution is -2.15. The fraction of sp³-hybridized carbons (Fsp3) is 0.125. The van der Waals surface area contributed by atoms with Gasteiger partial charge in [0.05, 0.1) is 0 Å². The van der Waals surface area contributed by atoms with E-state index in [1.54, 1.807) is 6.07 Å². The fourth-order valence-corrected chi connectivity index (χ4v) is 1.02. The maximum atomic E-state index is 10.8. The van der Waals surface area contributed by atoms with Crippen molar-refractivity contribution < 1.29 is 9.90 Å². The van der Waals surface area contributed by atoms with Gasteiger partial charge in [0.15, 0.2) is 0 Å². The van der Waals surface area contributed by atoms with Crippen LogP contribution >= 0.6 is 0 Å². The first kappa shape index (κ1) is 8.55. The second kappa shape index (κ2) is 3.23. The number of phenolic OH excluding ortho intramolecular Hbond substituents is 1. The Labute approximate surface area is 69.8 Å². The highest BCUT2D eigenvalue weighted by Gasteiger charge is 2.09. The summed E-state index contributed by atoms with van der Waals surface area (Å²) in [5.74, 6) is -0.569. The number of hydrogen-bond donors (Lipinski definition) is 3. The zero-order chi connectivity index (χ0) is 9.14. The molecule has 0 saturated heterocycles. The molecular weight excluding hydrogens is 156 g/mol. The molecule has 0 spiro atoms. The lowest BCUT2D eigenvalue weighted by molar-refractivity contribution is 0.0999. The third-order valence-electron chi connectivity index (χ3n) is 1.62. The SMILES string of the molecule is NCc1c(O)cccc1C(N)=O. The van der Waals surface area contributed by atoms with Crippen molar-refractivity contribution in [1.82, 2.24) is 0 Å². The second-order valence-electron chi connectivity index (χ2n) is 2.37. The second-order valence-corrected chi connectivity index (χ2v) is 2.37. The van der Waals surface area contributed by atoms with Gasteiger partial charge in [-0.05, 0) is 12.1 Å². The van der Waals surface area contributed by atoms with Crippen LogP contribution < -0.4 is 11.5 Å². The average Bonchev–Trinajstić information content (AvgIpc) is 2.03. The highest BCUT2D eigenvalue weighted by Crippen LogP contribution is 2.19. The first-order valence-electron chi connectivity index (χ1n) is 3.47. The monoisotopic (exact) mass is 166 g/mol. The molecule has 0 saturated carbocycles. The molecule has 0 aliphatic rings. The number of amides is 1. The maximum absolute atomic E-state index is 10.8. The minimum atomic E-state index is -0.577. The Morgan fingerprint density at radius 1 is 1.50 bits per heavy atom. The number of aromatic hydroxyl groups is 1. The van der Waals surface area contributed by atoms with Crippen molar-refractivity contribution in [2.24, 2.45) is 11.5 Å². The topological polar surface area (TPSA) is 89.3 Å². The summed E-state index contributed by atoms with van der Waals surface area (Å²) in [5.41, 5.74) is 11.0. The van der Waals surface area contributed by atoms with E-state index in [0.717, 1.165) is 0 Å². The van der Waals surface area contributed by atoms with Crippen molar-refractivity contribution in [3.8, 4) is 5.75 Å². The number of carbonyl (C=O) groups excluding carboxylic acids is 1. The third-order valence-corrected chi connectivity index (χ3v) is 1.62. The number of carbonyl (C=O) groups is 1. The third kappa shape index (κ3) is 1.38. The van der Waals surface area contributed by atoms with E-state index in [1.165, 1.54) is 12.1 Å². The molecule has 0 heterocycles. The van der Waals surface area contributed by atoms with E-state index < -0.39 is 5.91 Å². The summed E-state index contributed by atoms with van der Waals surface area (Å²) < 4.78 is 0. The van der Waals surface area contributed by atoms with Crippen LogP contribution in [0.15, 0.2) is 18.2 Å². The van der Waals surface area contributed by atoms with Gasteiger partial charge in [0.25, 0.3) is 0 Å². The number of phenols is 1. The molecule has 0 radical (unpaired) electrons. The van der Waals surface area contributed by atoms with Crippen LogP contribution in [0, 0.1) is 0 Å². The summed E-state index contributed by atoms with van der Waals surface area (Å²) in [6, 6.07) is 4.55. The first-order chi connectivity index (χ1) is 5.66. The molecule has 4 nitrogen and oxygen atoms in total. The lowest BCUT2D eigenvalue weighted by atomic mass is 10.1. The van der Waals surface area contributed by atoms with Gasteiger partial charge in [-0.25, -0.2) is 0 Å². The van der Waals surface area contributed by atoms with Gasteiger partial charge in [-0.15, -0.1) is 0 Å². The molecule has 0 aliphatic carbocycles. The molecule has 0 unspecified atom stereocenters. The number of rotatable bonds is 2. The van der Waals surface area contributed by atoms with Crippen LogP contribution in [0.4, 0.5) is 0 Å². The Hall–Kier alpha value is -1.55. The minimum absolute atomic E-state index is 0.00815. The smallest absolute Gasteiger partial charge is 0.249 e. The van der Waals surface area contributed by atoms with Gasteiger partial charge < -0.3 is 16.6 Å². The first-order valence-corrected chi connectivity index (χ1v) is 3.47. The molecule has 12 heavy (non-hydrogen) atoms. The van der Waals surface area contributed by atoms with Crippen LogP contribution in [-0.4, -0.2) is 11.0 Å². The summed E-state index contributed by atoms with van der Waals surface area (Å²) in [7, 11) is 0. The van der Waals surface area contributed by atoms with Gasteiger partial charge in [0.1, 0.15) is 5.75 Å². The van der Waals surface area contributed by atoms with Gasteiger partial charge in [0.2, 0.25) is 5.91 Å². The Morgan fingerprint density at radius 2 is 2.17 bits per heavy atom. The van der Waals surface area contributed by atoms with Crippen LogP contribution in [0.5, 0.6) is 5.75 Å². The molecule has 1 aromatic carbocycles. The molecule has 5 N–H and O–H groups in total. The van der Waals surface area contributed by atoms with E-state index in [1.807, 2.05) is 0 Å². The van der Waals surface area contributed by atoms with Crippen molar-refractivity contribution in [2.75, 3.05) is 0 Å². The summed E-state index contributed by atoms with van der Waals surface area (Å²) in [6.07, 6.45) is 0. The fourth-order valence-electron chi connectivity index (χ4n) is 1.02. The summed E-state index contributed by atoms with van der Waals surface area (Å²) in [4.78, 5) is 10.8. The molecule has 64 valence electrons. The Kier molecular flexibility index (Phi) is 2.30. The molecule has 0 aliphatic heterocycles. The highest BCUT2D eigenvalue weighted by atomic mass is 16.3. The quantitative estimate of drug-likeness (QED) is 0.575. The normalized spacial score (nSPS) is 9.75.